The van der Waals surface area contributed by atoms with Gasteiger partial charge in [0.05, 0.1) is 0 Å². The van der Waals surface area contributed by atoms with Crippen LogP contribution in [0.3, 0.4) is 0 Å². The van der Waals surface area contributed by atoms with E-state index in [1.807, 2.05) is 0 Å². The van der Waals surface area contributed by atoms with E-state index in [1.54, 1.807) is 0 Å². The number of likely N-dealkylation sites (N-methyl/N-ethyl adjacent to an activating group) is 2. The molecule has 4 unspecified atom stereocenters. The van der Waals surface area contributed by atoms with Crippen LogP contribution < -0.4 is 5.32 Å². The first-order chi connectivity index (χ1) is 9.15. The molecule has 1 heterocycles. The largest absolute Gasteiger partial charge is 0.315 e. The smallest absolute Gasteiger partial charge is 0.0255 e. The lowest BCUT2D eigenvalue weighted by atomic mass is 9.80. The van der Waals surface area contributed by atoms with Crippen LogP contribution in [0.4, 0.5) is 0 Å². The maximum absolute atomic E-state index is 3.59. The number of hydrogen-bond acceptors (Lipinski definition) is 3. The van der Waals surface area contributed by atoms with Crippen LogP contribution >= 0.6 is 0 Å². The van der Waals surface area contributed by atoms with Gasteiger partial charge in [-0.3, -0.25) is 4.90 Å². The van der Waals surface area contributed by atoms with E-state index < -0.39 is 0 Å². The minimum atomic E-state index is 0.698. The van der Waals surface area contributed by atoms with Gasteiger partial charge < -0.3 is 10.2 Å². The van der Waals surface area contributed by atoms with E-state index in [9.17, 15) is 0 Å². The normalized spacial score (nSPS) is 39.2. The quantitative estimate of drug-likeness (QED) is 0.845. The van der Waals surface area contributed by atoms with E-state index in [2.05, 4.69) is 43.1 Å². The summed E-state index contributed by atoms with van der Waals surface area (Å²) in [5.41, 5.74) is 0. The molecule has 0 radical (unpaired) electrons. The van der Waals surface area contributed by atoms with Crippen LogP contribution in [0.15, 0.2) is 0 Å². The molecule has 1 N–H and O–H groups in total. The summed E-state index contributed by atoms with van der Waals surface area (Å²) in [5, 5.41) is 3.59. The lowest BCUT2D eigenvalue weighted by Gasteiger charge is -2.45. The third kappa shape index (κ3) is 3.71. The maximum atomic E-state index is 3.59. The van der Waals surface area contributed by atoms with Crippen molar-refractivity contribution in [3.05, 3.63) is 0 Å². The highest BCUT2D eigenvalue weighted by molar-refractivity contribution is 4.93. The van der Waals surface area contributed by atoms with Crippen LogP contribution in [0, 0.1) is 5.92 Å². The molecule has 0 amide bonds. The van der Waals surface area contributed by atoms with Crippen molar-refractivity contribution < 1.29 is 0 Å². The van der Waals surface area contributed by atoms with E-state index in [0.717, 1.165) is 12.0 Å². The average Bonchev–Trinajstić information content (AvgIpc) is 2.58. The van der Waals surface area contributed by atoms with Gasteiger partial charge in [0, 0.05) is 31.2 Å². The predicted molar refractivity (Wildman–Crippen MR) is 82.5 cm³/mol. The predicted octanol–water partition coefficient (Wildman–Crippen LogP) is 2.18. The molecule has 19 heavy (non-hydrogen) atoms. The van der Waals surface area contributed by atoms with E-state index in [0.29, 0.717) is 12.1 Å². The molecule has 0 aromatic rings. The Hall–Kier alpha value is -0.120. The molecule has 1 aliphatic heterocycles. The van der Waals surface area contributed by atoms with Crippen molar-refractivity contribution in [3.63, 3.8) is 0 Å². The van der Waals surface area contributed by atoms with Gasteiger partial charge in [-0.25, -0.2) is 0 Å². The van der Waals surface area contributed by atoms with Crippen LogP contribution in [0.25, 0.3) is 0 Å². The van der Waals surface area contributed by atoms with Gasteiger partial charge >= 0.3 is 0 Å². The van der Waals surface area contributed by atoms with E-state index >= 15 is 0 Å². The summed E-state index contributed by atoms with van der Waals surface area (Å²) in [6, 6.07) is 2.16. The summed E-state index contributed by atoms with van der Waals surface area (Å²) >= 11 is 0. The van der Waals surface area contributed by atoms with Crippen LogP contribution in [-0.2, 0) is 0 Å². The average molecular weight is 267 g/mol. The third-order valence-corrected chi connectivity index (χ3v) is 5.40. The van der Waals surface area contributed by atoms with Crippen molar-refractivity contribution in [2.45, 2.75) is 64.1 Å². The zero-order valence-electron chi connectivity index (χ0n) is 13.4. The van der Waals surface area contributed by atoms with Crippen molar-refractivity contribution in [1.82, 2.24) is 15.1 Å². The second kappa shape index (κ2) is 7.05. The molecule has 2 aliphatic rings. The summed E-state index contributed by atoms with van der Waals surface area (Å²) in [4.78, 5) is 5.31. The van der Waals surface area contributed by atoms with Gasteiger partial charge in [-0.2, -0.15) is 0 Å². The third-order valence-electron chi connectivity index (χ3n) is 5.40. The van der Waals surface area contributed by atoms with Gasteiger partial charge in [0.1, 0.15) is 0 Å². The number of nitrogens with one attached hydrogen (secondary N) is 1. The Labute approximate surface area is 119 Å². The van der Waals surface area contributed by atoms with Crippen LogP contribution in [-0.4, -0.2) is 61.7 Å². The first-order valence-corrected chi connectivity index (χ1v) is 8.27. The maximum Gasteiger partial charge on any atom is 0.0255 e. The lowest BCUT2D eigenvalue weighted by Crippen LogP contribution is -2.56. The molecule has 112 valence electrons. The zero-order valence-corrected chi connectivity index (χ0v) is 13.4. The molecule has 4 atom stereocenters. The molecule has 0 spiro atoms. The van der Waals surface area contributed by atoms with Crippen molar-refractivity contribution in [1.29, 1.82) is 0 Å². The molecule has 0 aromatic heterocycles. The minimum absolute atomic E-state index is 0.698. The van der Waals surface area contributed by atoms with Gasteiger partial charge in [-0.15, -0.1) is 0 Å². The Balaban J connectivity index is 2.06. The first kappa shape index (κ1) is 15.3. The molecule has 0 bridgehead atoms. The van der Waals surface area contributed by atoms with E-state index in [4.69, 9.17) is 0 Å². The Bertz CT molecular complexity index is 269. The highest BCUT2D eigenvalue weighted by Crippen LogP contribution is 2.31. The Morgan fingerprint density at radius 3 is 2.68 bits per heavy atom. The summed E-state index contributed by atoms with van der Waals surface area (Å²) in [7, 11) is 4.42. The number of nitrogens with zero attached hydrogens (tertiary/aromatic N) is 2. The van der Waals surface area contributed by atoms with E-state index in [1.165, 1.54) is 51.7 Å². The van der Waals surface area contributed by atoms with Gasteiger partial charge in [0.25, 0.3) is 0 Å². The lowest BCUT2D eigenvalue weighted by molar-refractivity contribution is 0.0687. The summed E-state index contributed by atoms with van der Waals surface area (Å²) in [6.45, 7) is 8.55. The second-order valence-corrected chi connectivity index (χ2v) is 6.75. The zero-order chi connectivity index (χ0) is 13.8. The van der Waals surface area contributed by atoms with Gasteiger partial charge in [-0.05, 0) is 59.2 Å². The Kier molecular flexibility index (Phi) is 5.67. The molecule has 1 saturated heterocycles. The number of rotatable bonds is 3. The molecule has 2 fully saturated rings. The van der Waals surface area contributed by atoms with Crippen LogP contribution in [0.1, 0.15) is 46.0 Å². The highest BCUT2D eigenvalue weighted by atomic mass is 15.3. The van der Waals surface area contributed by atoms with Gasteiger partial charge in [-0.1, -0.05) is 13.3 Å². The fourth-order valence-corrected chi connectivity index (χ4v) is 4.19. The minimum Gasteiger partial charge on any atom is -0.315 e. The highest BCUT2D eigenvalue weighted by Gasteiger charge is 2.35. The van der Waals surface area contributed by atoms with E-state index in [-0.39, 0.29) is 0 Å². The second-order valence-electron chi connectivity index (χ2n) is 6.75. The summed E-state index contributed by atoms with van der Waals surface area (Å²) in [5.74, 6) is 0.947. The Morgan fingerprint density at radius 1 is 1.21 bits per heavy atom. The van der Waals surface area contributed by atoms with Crippen molar-refractivity contribution >= 4 is 0 Å². The standard InChI is InChI=1S/C16H33N3/c1-5-14-7-8-15(17-3)16(11-14)19-10-6-9-18(4)12-13(19)2/h13-17H,5-12H2,1-4H3. The topological polar surface area (TPSA) is 18.5 Å². The molecule has 1 saturated carbocycles. The van der Waals surface area contributed by atoms with Gasteiger partial charge in [0.15, 0.2) is 0 Å². The molecular formula is C16H33N3. The van der Waals surface area contributed by atoms with Crippen molar-refractivity contribution in [2.75, 3.05) is 33.7 Å². The van der Waals surface area contributed by atoms with Crippen LogP contribution in [0.2, 0.25) is 0 Å². The summed E-state index contributed by atoms with van der Waals surface area (Å²) < 4.78 is 0. The fourth-order valence-electron chi connectivity index (χ4n) is 4.19. The first-order valence-electron chi connectivity index (χ1n) is 8.27. The summed E-state index contributed by atoms with van der Waals surface area (Å²) in [6.07, 6.45) is 6.86. The molecule has 3 heteroatoms. The van der Waals surface area contributed by atoms with Gasteiger partial charge in [0.2, 0.25) is 0 Å². The molecule has 3 nitrogen and oxygen atoms in total. The monoisotopic (exact) mass is 267 g/mol. The number of hydrogen-bond donors (Lipinski definition) is 1. The van der Waals surface area contributed by atoms with Crippen LogP contribution in [0.5, 0.6) is 0 Å². The van der Waals surface area contributed by atoms with Crippen molar-refractivity contribution in [2.24, 2.45) is 5.92 Å². The Morgan fingerprint density at radius 2 is 2.00 bits per heavy atom. The molecular weight excluding hydrogens is 234 g/mol. The van der Waals surface area contributed by atoms with Crippen molar-refractivity contribution in [3.8, 4) is 0 Å². The molecule has 2 rings (SSSR count). The molecule has 1 aliphatic carbocycles. The SMILES string of the molecule is CCC1CCC(NC)C(N2CCCN(C)CC2C)C1. The fraction of sp³-hybridized carbons (Fsp3) is 1.00. The molecule has 0 aromatic carbocycles.